The van der Waals surface area contributed by atoms with Gasteiger partial charge in [0.15, 0.2) is 0 Å². The molecule has 0 radical (unpaired) electrons. The highest BCUT2D eigenvalue weighted by Crippen LogP contribution is 2.26. The maximum Gasteiger partial charge on any atom is 0.304 e. The SMILES string of the molecule is C=CCC(CCc1ccccc1)OC(OC(C)=O)C(C)(C)C. The van der Waals surface area contributed by atoms with Gasteiger partial charge in [0.25, 0.3) is 0 Å². The van der Waals surface area contributed by atoms with Crippen LogP contribution >= 0.6 is 0 Å². The van der Waals surface area contributed by atoms with Gasteiger partial charge in [-0.1, -0.05) is 57.2 Å². The Hall–Kier alpha value is -1.61. The Kier molecular flexibility index (Phi) is 7.33. The van der Waals surface area contributed by atoms with Crippen molar-refractivity contribution in [1.82, 2.24) is 0 Å². The zero-order chi connectivity index (χ0) is 16.6. The number of rotatable bonds is 8. The molecule has 2 unspecified atom stereocenters. The highest BCUT2D eigenvalue weighted by Gasteiger charge is 2.30. The minimum atomic E-state index is -0.550. The van der Waals surface area contributed by atoms with E-state index in [0.29, 0.717) is 0 Å². The Balaban J connectivity index is 2.67. The monoisotopic (exact) mass is 304 g/mol. The second kappa shape index (κ2) is 8.74. The molecule has 3 nitrogen and oxygen atoms in total. The molecule has 0 heterocycles. The number of hydrogen-bond acceptors (Lipinski definition) is 3. The molecular weight excluding hydrogens is 276 g/mol. The molecule has 1 aromatic rings. The Morgan fingerprint density at radius 3 is 2.41 bits per heavy atom. The van der Waals surface area contributed by atoms with Crippen molar-refractivity contribution >= 4 is 5.97 Å². The van der Waals surface area contributed by atoms with Crippen LogP contribution in [0, 0.1) is 5.41 Å². The van der Waals surface area contributed by atoms with Gasteiger partial charge in [0.2, 0.25) is 6.29 Å². The van der Waals surface area contributed by atoms with Crippen LogP contribution < -0.4 is 0 Å². The molecule has 0 amide bonds. The van der Waals surface area contributed by atoms with E-state index in [0.717, 1.165) is 19.3 Å². The number of aryl methyl sites for hydroxylation is 1. The van der Waals surface area contributed by atoms with Crippen LogP contribution in [0.5, 0.6) is 0 Å². The van der Waals surface area contributed by atoms with E-state index in [2.05, 4.69) is 18.7 Å². The number of benzene rings is 1. The van der Waals surface area contributed by atoms with E-state index in [4.69, 9.17) is 9.47 Å². The van der Waals surface area contributed by atoms with E-state index in [1.165, 1.54) is 12.5 Å². The maximum atomic E-state index is 11.3. The molecule has 0 spiro atoms. The van der Waals surface area contributed by atoms with E-state index in [-0.39, 0.29) is 17.5 Å². The van der Waals surface area contributed by atoms with Crippen molar-refractivity contribution in [1.29, 1.82) is 0 Å². The van der Waals surface area contributed by atoms with Gasteiger partial charge in [-0.15, -0.1) is 6.58 Å². The highest BCUT2D eigenvalue weighted by molar-refractivity contribution is 5.66. The second-order valence-electron chi connectivity index (χ2n) is 6.61. The molecule has 1 aromatic carbocycles. The lowest BCUT2D eigenvalue weighted by molar-refractivity contribution is -0.217. The zero-order valence-electron chi connectivity index (χ0n) is 14.2. The van der Waals surface area contributed by atoms with Gasteiger partial charge >= 0.3 is 5.97 Å². The molecule has 0 saturated heterocycles. The summed E-state index contributed by atoms with van der Waals surface area (Å²) in [6.45, 7) is 11.2. The normalized spacial score (nSPS) is 14.2. The number of hydrogen-bond donors (Lipinski definition) is 0. The van der Waals surface area contributed by atoms with E-state index < -0.39 is 6.29 Å². The van der Waals surface area contributed by atoms with Crippen molar-refractivity contribution in [2.75, 3.05) is 0 Å². The third kappa shape index (κ3) is 6.90. The van der Waals surface area contributed by atoms with Gasteiger partial charge < -0.3 is 9.47 Å². The lowest BCUT2D eigenvalue weighted by Gasteiger charge is -2.32. The Morgan fingerprint density at radius 2 is 1.91 bits per heavy atom. The molecule has 3 heteroatoms. The number of carbonyl (C=O) groups is 1. The van der Waals surface area contributed by atoms with Gasteiger partial charge in [-0.3, -0.25) is 4.79 Å². The van der Waals surface area contributed by atoms with Crippen LogP contribution in [0.2, 0.25) is 0 Å². The van der Waals surface area contributed by atoms with Crippen molar-refractivity contribution in [3.8, 4) is 0 Å². The topological polar surface area (TPSA) is 35.5 Å². The zero-order valence-corrected chi connectivity index (χ0v) is 14.2. The smallest absolute Gasteiger partial charge is 0.304 e. The van der Waals surface area contributed by atoms with Gasteiger partial charge in [0, 0.05) is 12.3 Å². The summed E-state index contributed by atoms with van der Waals surface area (Å²) in [4.78, 5) is 11.3. The minimum Gasteiger partial charge on any atom is -0.435 e. The van der Waals surface area contributed by atoms with Gasteiger partial charge in [0.05, 0.1) is 6.10 Å². The largest absolute Gasteiger partial charge is 0.435 e. The first-order chi connectivity index (χ1) is 10.3. The summed E-state index contributed by atoms with van der Waals surface area (Å²) in [6, 6.07) is 10.3. The summed E-state index contributed by atoms with van der Waals surface area (Å²) in [7, 11) is 0. The molecule has 1 rings (SSSR count). The van der Waals surface area contributed by atoms with Crippen molar-refractivity contribution in [2.45, 2.75) is 59.4 Å². The van der Waals surface area contributed by atoms with Crippen LogP contribution in [0.1, 0.15) is 46.1 Å². The first-order valence-corrected chi connectivity index (χ1v) is 7.80. The predicted molar refractivity (Wildman–Crippen MR) is 89.5 cm³/mol. The van der Waals surface area contributed by atoms with Crippen LogP contribution in [0.15, 0.2) is 43.0 Å². The number of esters is 1. The molecule has 2 atom stereocenters. The third-order valence-electron chi connectivity index (χ3n) is 3.32. The molecule has 0 aliphatic rings. The molecule has 0 fully saturated rings. The Morgan fingerprint density at radius 1 is 1.27 bits per heavy atom. The molecule has 0 bridgehead atoms. The van der Waals surface area contributed by atoms with Crippen LogP contribution in [0.4, 0.5) is 0 Å². The Bertz CT molecular complexity index is 459. The van der Waals surface area contributed by atoms with Crippen molar-refractivity contribution < 1.29 is 14.3 Å². The first kappa shape index (κ1) is 18.4. The average Bonchev–Trinajstić information content (AvgIpc) is 2.44. The van der Waals surface area contributed by atoms with Gasteiger partial charge in [-0.2, -0.15) is 0 Å². The van der Waals surface area contributed by atoms with Gasteiger partial charge in [-0.25, -0.2) is 0 Å². The fourth-order valence-electron chi connectivity index (χ4n) is 2.13. The summed E-state index contributed by atoms with van der Waals surface area (Å²) in [5, 5.41) is 0. The van der Waals surface area contributed by atoms with Crippen molar-refractivity contribution in [3.05, 3.63) is 48.6 Å². The lowest BCUT2D eigenvalue weighted by atomic mass is 9.95. The quantitative estimate of drug-likeness (QED) is 0.402. The van der Waals surface area contributed by atoms with Crippen molar-refractivity contribution in [2.24, 2.45) is 5.41 Å². The van der Waals surface area contributed by atoms with E-state index in [1.54, 1.807) is 0 Å². The standard InChI is InChI=1S/C19H28O3/c1-6-10-17(14-13-16-11-8-7-9-12-16)22-18(19(3,4)5)21-15(2)20/h6-9,11-12,17-18H,1,10,13-14H2,2-5H3. The van der Waals surface area contributed by atoms with Crippen LogP contribution in [-0.2, 0) is 20.7 Å². The van der Waals surface area contributed by atoms with Gasteiger partial charge in [-0.05, 0) is 24.8 Å². The fourth-order valence-corrected chi connectivity index (χ4v) is 2.13. The van der Waals surface area contributed by atoms with E-state index >= 15 is 0 Å². The van der Waals surface area contributed by atoms with E-state index in [9.17, 15) is 4.79 Å². The summed E-state index contributed by atoms with van der Waals surface area (Å²) in [6.07, 6.45) is 3.82. The molecule has 0 aromatic heterocycles. The summed E-state index contributed by atoms with van der Waals surface area (Å²) < 4.78 is 11.4. The molecule has 0 saturated carbocycles. The molecule has 22 heavy (non-hydrogen) atoms. The van der Waals surface area contributed by atoms with Crippen molar-refractivity contribution in [3.63, 3.8) is 0 Å². The molecule has 0 N–H and O–H groups in total. The van der Waals surface area contributed by atoms with E-state index in [1.807, 2.05) is 45.0 Å². The third-order valence-corrected chi connectivity index (χ3v) is 3.32. The second-order valence-corrected chi connectivity index (χ2v) is 6.61. The Labute approximate surface area is 134 Å². The summed E-state index contributed by atoms with van der Waals surface area (Å²) >= 11 is 0. The molecule has 0 aliphatic carbocycles. The number of carbonyl (C=O) groups excluding carboxylic acids is 1. The summed E-state index contributed by atoms with van der Waals surface area (Å²) in [5.41, 5.74) is 1.01. The summed E-state index contributed by atoms with van der Waals surface area (Å²) in [5.74, 6) is -0.319. The highest BCUT2D eigenvalue weighted by atomic mass is 16.7. The minimum absolute atomic E-state index is 0.0127. The van der Waals surface area contributed by atoms with Crippen LogP contribution in [-0.4, -0.2) is 18.4 Å². The average molecular weight is 304 g/mol. The van der Waals surface area contributed by atoms with Gasteiger partial charge in [0.1, 0.15) is 0 Å². The van der Waals surface area contributed by atoms with Crippen LogP contribution in [0.3, 0.4) is 0 Å². The molecule has 122 valence electrons. The fraction of sp³-hybridized carbons (Fsp3) is 0.526. The molecule has 0 aliphatic heterocycles. The first-order valence-electron chi connectivity index (χ1n) is 7.80. The van der Waals surface area contributed by atoms with Crippen LogP contribution in [0.25, 0.3) is 0 Å². The lowest BCUT2D eigenvalue weighted by Crippen LogP contribution is -2.37. The predicted octanol–water partition coefficient (Wildman–Crippen LogP) is 4.52. The maximum absolute atomic E-state index is 11.3. The molecular formula is C19H28O3. The number of ether oxygens (including phenoxy) is 2.